The van der Waals surface area contributed by atoms with E-state index in [4.69, 9.17) is 0 Å². The van der Waals surface area contributed by atoms with Gasteiger partial charge in [0.05, 0.1) is 12.2 Å². The van der Waals surface area contributed by atoms with Gasteiger partial charge in [-0.15, -0.1) is 0 Å². The third-order valence-corrected chi connectivity index (χ3v) is 1.92. The van der Waals surface area contributed by atoms with Crippen LogP contribution in [0.3, 0.4) is 0 Å². The van der Waals surface area contributed by atoms with Crippen LogP contribution >= 0.6 is 0 Å². The number of rotatable bonds is 2. The Bertz CT molecular complexity index is 462. The Morgan fingerprint density at radius 3 is 2.75 bits per heavy atom. The first-order chi connectivity index (χ1) is 7.55. The van der Waals surface area contributed by atoms with E-state index < -0.39 is 11.9 Å². The van der Waals surface area contributed by atoms with Crippen LogP contribution in [-0.4, -0.2) is 14.8 Å². The van der Waals surface area contributed by atoms with E-state index in [1.54, 1.807) is 12.1 Å². The van der Waals surface area contributed by atoms with Gasteiger partial charge in [-0.25, -0.2) is 0 Å². The molecule has 0 fully saturated rings. The van der Waals surface area contributed by atoms with Crippen LogP contribution in [0.2, 0.25) is 0 Å². The summed E-state index contributed by atoms with van der Waals surface area (Å²) in [5, 5.41) is 3.41. The molecule has 0 amide bonds. The summed E-state index contributed by atoms with van der Waals surface area (Å²) in [6, 6.07) is 6.95. The van der Waals surface area contributed by atoms with Crippen LogP contribution in [-0.2, 0) is 12.7 Å². The molecule has 0 aliphatic heterocycles. The normalized spacial score (nSPS) is 11.7. The third-order valence-electron chi connectivity index (χ3n) is 1.92. The van der Waals surface area contributed by atoms with Gasteiger partial charge in [-0.1, -0.05) is 0 Å². The van der Waals surface area contributed by atoms with Crippen molar-refractivity contribution in [3.63, 3.8) is 0 Å². The Morgan fingerprint density at radius 2 is 2.19 bits per heavy atom. The van der Waals surface area contributed by atoms with Crippen LogP contribution < -0.4 is 0 Å². The van der Waals surface area contributed by atoms with Crippen LogP contribution in [0.1, 0.15) is 11.4 Å². The summed E-state index contributed by atoms with van der Waals surface area (Å²) < 4.78 is 37.9. The van der Waals surface area contributed by atoms with Crippen molar-refractivity contribution in [1.82, 2.24) is 14.8 Å². The maximum absolute atomic E-state index is 12.2. The molecule has 0 bridgehead atoms. The van der Waals surface area contributed by atoms with E-state index in [1.807, 2.05) is 0 Å². The second-order valence-corrected chi connectivity index (χ2v) is 3.14. The predicted octanol–water partition coefficient (Wildman–Crippen LogP) is 2.15. The molecule has 0 aliphatic carbocycles. The molecule has 2 aromatic rings. The zero-order valence-corrected chi connectivity index (χ0v) is 8.07. The highest BCUT2D eigenvalue weighted by molar-refractivity contribution is 5.06. The third kappa shape index (κ3) is 2.39. The first kappa shape index (κ1) is 10.7. The lowest BCUT2D eigenvalue weighted by atomic mass is 10.3. The van der Waals surface area contributed by atoms with Gasteiger partial charge in [0, 0.05) is 12.4 Å². The smallest absolute Gasteiger partial charge is 0.266 e. The van der Waals surface area contributed by atoms with Gasteiger partial charge in [-0.05, 0) is 24.3 Å². The summed E-state index contributed by atoms with van der Waals surface area (Å²) in [5.41, 5.74) is -0.285. The van der Waals surface area contributed by atoms with Gasteiger partial charge in [0.25, 0.3) is 0 Å². The van der Waals surface area contributed by atoms with E-state index in [0.29, 0.717) is 5.69 Å². The van der Waals surface area contributed by atoms with Crippen molar-refractivity contribution >= 4 is 0 Å². The summed E-state index contributed by atoms with van der Waals surface area (Å²) in [6.07, 6.45) is -1.59. The molecule has 2 aromatic heterocycles. The second kappa shape index (κ2) is 3.96. The van der Waals surface area contributed by atoms with Crippen LogP contribution in [0, 0.1) is 6.07 Å². The maximum Gasteiger partial charge on any atom is 0.435 e. The standard InChI is InChI=1S/C10H7F3N3/c11-10(12,13)9-4-6-16(15-9)7-8-3-1-2-5-14-8/h2-6H,7H2. The first-order valence-corrected chi connectivity index (χ1v) is 4.47. The van der Waals surface area contributed by atoms with Crippen molar-refractivity contribution < 1.29 is 13.2 Å². The Morgan fingerprint density at radius 1 is 1.38 bits per heavy atom. The van der Waals surface area contributed by atoms with E-state index in [0.717, 1.165) is 6.07 Å². The molecule has 0 atom stereocenters. The molecular formula is C10H7F3N3. The van der Waals surface area contributed by atoms with E-state index >= 15 is 0 Å². The average Bonchev–Trinajstić information content (AvgIpc) is 2.67. The van der Waals surface area contributed by atoms with Crippen molar-refractivity contribution in [1.29, 1.82) is 0 Å². The molecule has 0 aromatic carbocycles. The Kier molecular flexibility index (Phi) is 2.64. The van der Waals surface area contributed by atoms with E-state index in [2.05, 4.69) is 16.1 Å². The van der Waals surface area contributed by atoms with Gasteiger partial charge in [-0.2, -0.15) is 18.3 Å². The van der Waals surface area contributed by atoms with Gasteiger partial charge in [0.1, 0.15) is 0 Å². The molecule has 0 unspecified atom stereocenters. The highest BCUT2D eigenvalue weighted by Crippen LogP contribution is 2.27. The topological polar surface area (TPSA) is 30.7 Å². The summed E-state index contributed by atoms with van der Waals surface area (Å²) in [6.45, 7) is 0.202. The molecule has 0 N–H and O–H groups in total. The molecule has 16 heavy (non-hydrogen) atoms. The van der Waals surface area contributed by atoms with Crippen LogP contribution in [0.5, 0.6) is 0 Å². The number of hydrogen-bond donors (Lipinski definition) is 0. The molecule has 0 saturated carbocycles. The molecule has 0 saturated heterocycles. The van der Waals surface area contributed by atoms with Crippen LogP contribution in [0.4, 0.5) is 13.2 Å². The Balaban J connectivity index is 2.15. The minimum Gasteiger partial charge on any atom is -0.266 e. The second-order valence-electron chi connectivity index (χ2n) is 3.14. The fourth-order valence-corrected chi connectivity index (χ4v) is 1.21. The van der Waals surface area contributed by atoms with E-state index in [-0.39, 0.29) is 6.54 Å². The predicted molar refractivity (Wildman–Crippen MR) is 49.4 cm³/mol. The average molecular weight is 226 g/mol. The van der Waals surface area contributed by atoms with Crippen LogP contribution in [0.25, 0.3) is 0 Å². The molecule has 3 nitrogen and oxygen atoms in total. The minimum absolute atomic E-state index is 0.202. The van der Waals surface area contributed by atoms with Crippen LogP contribution in [0.15, 0.2) is 30.6 Å². The zero-order valence-electron chi connectivity index (χ0n) is 8.07. The van der Waals surface area contributed by atoms with E-state index in [9.17, 15) is 13.2 Å². The van der Waals surface area contributed by atoms with Gasteiger partial charge < -0.3 is 0 Å². The summed E-state index contributed by atoms with van der Waals surface area (Å²) in [7, 11) is 0. The number of alkyl halides is 3. The maximum atomic E-state index is 12.2. The highest BCUT2D eigenvalue weighted by Gasteiger charge is 2.33. The Hall–Kier alpha value is -1.85. The number of aromatic nitrogens is 3. The number of halogens is 3. The minimum atomic E-state index is -4.40. The molecule has 1 radical (unpaired) electrons. The molecule has 83 valence electrons. The quantitative estimate of drug-likeness (QED) is 0.785. The lowest BCUT2D eigenvalue weighted by Gasteiger charge is -2.02. The van der Waals surface area contributed by atoms with Gasteiger partial charge in [-0.3, -0.25) is 9.67 Å². The molecule has 0 spiro atoms. The monoisotopic (exact) mass is 226 g/mol. The summed E-state index contributed by atoms with van der Waals surface area (Å²) in [4.78, 5) is 3.97. The SMILES string of the molecule is FC(F)(F)c1ccn(Cc2c[c]ccn2)n1. The van der Waals surface area contributed by atoms with Crippen molar-refractivity contribution in [3.05, 3.63) is 48.0 Å². The fraction of sp³-hybridized carbons (Fsp3) is 0.200. The van der Waals surface area contributed by atoms with Crippen molar-refractivity contribution in [2.24, 2.45) is 0 Å². The van der Waals surface area contributed by atoms with E-state index in [1.165, 1.54) is 17.1 Å². The first-order valence-electron chi connectivity index (χ1n) is 4.47. The molecule has 0 aliphatic rings. The molecular weight excluding hydrogens is 219 g/mol. The van der Waals surface area contributed by atoms with Gasteiger partial charge in [0.2, 0.25) is 0 Å². The van der Waals surface area contributed by atoms with Crippen molar-refractivity contribution in [2.45, 2.75) is 12.7 Å². The summed E-state index contributed by atoms with van der Waals surface area (Å²) >= 11 is 0. The number of pyridine rings is 1. The van der Waals surface area contributed by atoms with Crippen molar-refractivity contribution in [3.8, 4) is 0 Å². The lowest BCUT2D eigenvalue weighted by Crippen LogP contribution is -2.08. The zero-order chi connectivity index (χ0) is 11.6. The Labute approximate surface area is 89.5 Å². The largest absolute Gasteiger partial charge is 0.435 e. The number of hydrogen-bond acceptors (Lipinski definition) is 2. The molecule has 6 heteroatoms. The van der Waals surface area contributed by atoms with Crippen molar-refractivity contribution in [2.75, 3.05) is 0 Å². The molecule has 2 rings (SSSR count). The number of nitrogens with zero attached hydrogens (tertiary/aromatic N) is 3. The fourth-order valence-electron chi connectivity index (χ4n) is 1.21. The summed E-state index contributed by atoms with van der Waals surface area (Å²) in [5.74, 6) is 0. The van der Waals surface area contributed by atoms with Gasteiger partial charge >= 0.3 is 6.18 Å². The lowest BCUT2D eigenvalue weighted by molar-refractivity contribution is -0.141. The van der Waals surface area contributed by atoms with Gasteiger partial charge in [0.15, 0.2) is 5.69 Å². The molecule has 2 heterocycles. The highest BCUT2D eigenvalue weighted by atomic mass is 19.4.